The second kappa shape index (κ2) is 6.66. The van der Waals surface area contributed by atoms with E-state index >= 15 is 0 Å². The lowest BCUT2D eigenvalue weighted by atomic mass is 10.2. The zero-order valence-corrected chi connectivity index (χ0v) is 14.2. The highest BCUT2D eigenvalue weighted by Gasteiger charge is 2.21. The Hall–Kier alpha value is -2.32. The van der Waals surface area contributed by atoms with Gasteiger partial charge in [-0.2, -0.15) is 4.98 Å². The molecular weight excluding hydrogens is 324 g/mol. The molecule has 1 fully saturated rings. The van der Waals surface area contributed by atoms with Crippen molar-refractivity contribution in [2.75, 3.05) is 31.1 Å². The van der Waals surface area contributed by atoms with Gasteiger partial charge < -0.3 is 9.42 Å². The second-order valence-electron chi connectivity index (χ2n) is 5.75. The number of nitrogens with zero attached hydrogens (tertiary/aromatic N) is 6. The van der Waals surface area contributed by atoms with Gasteiger partial charge in [0.15, 0.2) is 5.82 Å². The molecule has 0 aliphatic carbocycles. The van der Waals surface area contributed by atoms with Crippen LogP contribution in [-0.4, -0.2) is 51.4 Å². The van der Waals surface area contributed by atoms with Crippen molar-refractivity contribution >= 4 is 16.5 Å². The lowest BCUT2D eigenvalue weighted by molar-refractivity contribution is 0.240. The van der Waals surface area contributed by atoms with Crippen LogP contribution in [0, 0.1) is 6.92 Å². The summed E-state index contributed by atoms with van der Waals surface area (Å²) in [5.74, 6) is 1.37. The van der Waals surface area contributed by atoms with Gasteiger partial charge in [-0.1, -0.05) is 46.8 Å². The van der Waals surface area contributed by atoms with Gasteiger partial charge in [0, 0.05) is 38.7 Å². The van der Waals surface area contributed by atoms with Crippen LogP contribution in [0.2, 0.25) is 0 Å². The second-order valence-corrected chi connectivity index (χ2v) is 6.70. The number of benzene rings is 1. The monoisotopic (exact) mass is 342 g/mol. The van der Waals surface area contributed by atoms with Crippen LogP contribution >= 0.6 is 11.3 Å². The predicted molar refractivity (Wildman–Crippen MR) is 91.9 cm³/mol. The highest BCUT2D eigenvalue weighted by atomic mass is 32.1. The normalized spacial score (nSPS) is 15.8. The smallest absolute Gasteiger partial charge is 0.223 e. The van der Waals surface area contributed by atoms with E-state index < -0.39 is 0 Å². The lowest BCUT2D eigenvalue weighted by Crippen LogP contribution is -2.46. The third-order valence-electron chi connectivity index (χ3n) is 4.01. The number of rotatable bonds is 4. The Balaban J connectivity index is 1.37. The van der Waals surface area contributed by atoms with Gasteiger partial charge >= 0.3 is 0 Å². The third kappa shape index (κ3) is 3.29. The molecule has 4 rings (SSSR count). The molecule has 7 nitrogen and oxygen atoms in total. The molecule has 2 aromatic heterocycles. The van der Waals surface area contributed by atoms with E-state index in [0.29, 0.717) is 5.89 Å². The Bertz CT molecular complexity index is 794. The Morgan fingerprint density at radius 3 is 2.58 bits per heavy atom. The van der Waals surface area contributed by atoms with Crippen molar-refractivity contribution in [3.05, 3.63) is 42.0 Å². The molecular formula is C16H18N6OS. The molecule has 1 saturated heterocycles. The van der Waals surface area contributed by atoms with Gasteiger partial charge in [0.2, 0.25) is 11.0 Å². The van der Waals surface area contributed by atoms with Crippen molar-refractivity contribution < 1.29 is 4.52 Å². The Morgan fingerprint density at radius 1 is 1.08 bits per heavy atom. The first-order valence-corrected chi connectivity index (χ1v) is 8.75. The average Bonchev–Trinajstić information content (AvgIpc) is 3.26. The first-order chi connectivity index (χ1) is 11.8. The maximum atomic E-state index is 5.03. The Labute approximate surface area is 143 Å². The summed E-state index contributed by atoms with van der Waals surface area (Å²) in [6, 6.07) is 10.2. The third-order valence-corrected chi connectivity index (χ3v) is 5.05. The molecule has 1 aliphatic rings. The Morgan fingerprint density at radius 2 is 1.88 bits per heavy atom. The molecule has 0 saturated carbocycles. The standard InChI is InChI=1S/C16H18N6OS/c1-12-17-14(20-23-12)11-21-7-9-22(10-8-21)16-19-18-15(24-16)13-5-3-2-4-6-13/h2-6H,7-11H2,1H3. The molecule has 0 bridgehead atoms. The van der Waals surface area contributed by atoms with Gasteiger partial charge in [-0.15, -0.1) is 10.2 Å². The molecule has 3 heterocycles. The van der Waals surface area contributed by atoms with Crippen LogP contribution in [0.3, 0.4) is 0 Å². The number of anilines is 1. The zero-order valence-electron chi connectivity index (χ0n) is 13.4. The molecule has 0 spiro atoms. The Kier molecular flexibility index (Phi) is 4.22. The minimum atomic E-state index is 0.617. The van der Waals surface area contributed by atoms with Gasteiger partial charge in [0.1, 0.15) is 5.01 Å². The first-order valence-electron chi connectivity index (χ1n) is 7.93. The van der Waals surface area contributed by atoms with Crippen molar-refractivity contribution in [1.29, 1.82) is 0 Å². The quantitative estimate of drug-likeness (QED) is 0.720. The van der Waals surface area contributed by atoms with Crippen molar-refractivity contribution in [2.45, 2.75) is 13.5 Å². The molecule has 124 valence electrons. The lowest BCUT2D eigenvalue weighted by Gasteiger charge is -2.33. The van der Waals surface area contributed by atoms with Crippen molar-refractivity contribution in [2.24, 2.45) is 0 Å². The summed E-state index contributed by atoms with van der Waals surface area (Å²) in [6.45, 7) is 6.31. The summed E-state index contributed by atoms with van der Waals surface area (Å²) in [6.07, 6.45) is 0. The SMILES string of the molecule is Cc1nc(CN2CCN(c3nnc(-c4ccccc4)s3)CC2)no1. The van der Waals surface area contributed by atoms with E-state index in [4.69, 9.17) is 4.52 Å². The fourth-order valence-electron chi connectivity index (χ4n) is 2.74. The van der Waals surface area contributed by atoms with Crippen LogP contribution < -0.4 is 4.90 Å². The van der Waals surface area contributed by atoms with E-state index in [-0.39, 0.29) is 0 Å². The molecule has 24 heavy (non-hydrogen) atoms. The van der Waals surface area contributed by atoms with Crippen LogP contribution in [-0.2, 0) is 6.54 Å². The fraction of sp³-hybridized carbons (Fsp3) is 0.375. The van der Waals surface area contributed by atoms with Crippen LogP contribution in [0.15, 0.2) is 34.9 Å². The molecule has 0 unspecified atom stereocenters. The van der Waals surface area contributed by atoms with E-state index in [0.717, 1.165) is 54.3 Å². The summed E-state index contributed by atoms with van der Waals surface area (Å²) in [5, 5.41) is 14.6. The summed E-state index contributed by atoms with van der Waals surface area (Å²) in [7, 11) is 0. The molecule has 0 N–H and O–H groups in total. The molecule has 3 aromatic rings. The summed E-state index contributed by atoms with van der Waals surface area (Å²) in [5.41, 5.74) is 1.12. The first kappa shape index (κ1) is 15.2. The number of hydrogen-bond acceptors (Lipinski definition) is 8. The van der Waals surface area contributed by atoms with E-state index in [2.05, 4.69) is 42.3 Å². The highest BCUT2D eigenvalue weighted by molar-refractivity contribution is 7.18. The van der Waals surface area contributed by atoms with Gasteiger partial charge in [-0.3, -0.25) is 4.90 Å². The number of piperazine rings is 1. The summed E-state index contributed by atoms with van der Waals surface area (Å²) < 4.78 is 5.03. The highest BCUT2D eigenvalue weighted by Crippen LogP contribution is 2.29. The van der Waals surface area contributed by atoms with Gasteiger partial charge in [0.05, 0.1) is 6.54 Å². The maximum Gasteiger partial charge on any atom is 0.223 e. The maximum absolute atomic E-state index is 5.03. The van der Waals surface area contributed by atoms with Gasteiger partial charge in [-0.25, -0.2) is 0 Å². The van der Waals surface area contributed by atoms with Crippen LogP contribution in [0.4, 0.5) is 5.13 Å². The largest absolute Gasteiger partial charge is 0.344 e. The van der Waals surface area contributed by atoms with Crippen molar-refractivity contribution in [3.8, 4) is 10.6 Å². The van der Waals surface area contributed by atoms with Crippen LogP contribution in [0.5, 0.6) is 0 Å². The van der Waals surface area contributed by atoms with Gasteiger partial charge in [-0.05, 0) is 0 Å². The van der Waals surface area contributed by atoms with Gasteiger partial charge in [0.25, 0.3) is 0 Å². The fourth-order valence-corrected chi connectivity index (χ4v) is 3.65. The van der Waals surface area contributed by atoms with E-state index in [9.17, 15) is 0 Å². The minimum Gasteiger partial charge on any atom is -0.344 e. The average molecular weight is 342 g/mol. The van der Waals surface area contributed by atoms with E-state index in [1.54, 1.807) is 11.3 Å². The molecule has 1 aromatic carbocycles. The van der Waals surface area contributed by atoms with Crippen molar-refractivity contribution in [3.63, 3.8) is 0 Å². The number of hydrogen-bond donors (Lipinski definition) is 0. The zero-order chi connectivity index (χ0) is 16.4. The molecule has 0 radical (unpaired) electrons. The predicted octanol–water partition coefficient (Wildman–Crippen LogP) is 2.22. The number of aromatic nitrogens is 4. The van der Waals surface area contributed by atoms with Crippen LogP contribution in [0.25, 0.3) is 10.6 Å². The number of aryl methyl sites for hydroxylation is 1. The van der Waals surface area contributed by atoms with Crippen LogP contribution in [0.1, 0.15) is 11.7 Å². The topological polar surface area (TPSA) is 71.2 Å². The molecule has 1 aliphatic heterocycles. The minimum absolute atomic E-state index is 0.617. The summed E-state index contributed by atoms with van der Waals surface area (Å²) in [4.78, 5) is 8.89. The summed E-state index contributed by atoms with van der Waals surface area (Å²) >= 11 is 1.65. The van der Waals surface area contributed by atoms with E-state index in [1.807, 2.05) is 25.1 Å². The van der Waals surface area contributed by atoms with E-state index in [1.165, 1.54) is 0 Å². The molecule has 0 atom stereocenters. The molecule has 8 heteroatoms. The van der Waals surface area contributed by atoms with Crippen molar-refractivity contribution in [1.82, 2.24) is 25.2 Å². The molecule has 0 amide bonds.